The van der Waals surface area contributed by atoms with Crippen molar-refractivity contribution >= 4 is 26.2 Å². The van der Waals surface area contributed by atoms with Crippen LogP contribution in [0.1, 0.15) is 43.1 Å². The van der Waals surface area contributed by atoms with Gasteiger partial charge in [0.2, 0.25) is 5.91 Å². The number of hydrogen-bond donors (Lipinski definition) is 3. The van der Waals surface area contributed by atoms with Gasteiger partial charge in [0.15, 0.2) is 5.82 Å². The summed E-state index contributed by atoms with van der Waals surface area (Å²) in [5.41, 5.74) is 12.3. The third-order valence-corrected chi connectivity index (χ3v) is 5.32. The standard InChI is InChI=1S/C16H21F2N4OP/c17-12-9(7-11(19)23)1-2-10-14(12)22-15(21-10)13(20)8-3-5-16(18,24)6-4-8/h1-2,8,13H,3-7,20,24H2,(H2,19,23)(H,21,22)/t8?,13-,16?/m0/s1. The number of carbonyl (C=O) groups excluding carboxylic acids is 1. The number of H-pyrrole nitrogens is 1. The van der Waals surface area contributed by atoms with Gasteiger partial charge in [0.1, 0.15) is 16.8 Å². The first kappa shape index (κ1) is 17.2. The normalized spacial score (nSPS) is 25.8. The number of aromatic amines is 1. The van der Waals surface area contributed by atoms with Crippen molar-refractivity contribution in [1.29, 1.82) is 0 Å². The Balaban J connectivity index is 1.85. The summed E-state index contributed by atoms with van der Waals surface area (Å²) in [4.78, 5) is 18.3. The predicted octanol–water partition coefficient (Wildman–Crippen LogP) is 2.46. The number of imidazole rings is 1. The van der Waals surface area contributed by atoms with Crippen molar-refractivity contribution in [2.24, 2.45) is 17.4 Å². The van der Waals surface area contributed by atoms with Crippen LogP contribution < -0.4 is 11.5 Å². The number of nitrogens with zero attached hydrogens (tertiary/aromatic N) is 1. The predicted molar refractivity (Wildman–Crippen MR) is 91.4 cm³/mol. The monoisotopic (exact) mass is 354 g/mol. The molecule has 5 N–H and O–H groups in total. The van der Waals surface area contributed by atoms with E-state index in [1.807, 2.05) is 0 Å². The minimum atomic E-state index is -1.21. The fourth-order valence-corrected chi connectivity index (χ4v) is 3.62. The summed E-state index contributed by atoms with van der Waals surface area (Å²) in [6, 6.07) is 2.77. The summed E-state index contributed by atoms with van der Waals surface area (Å²) in [5.74, 6) is -0.573. The Kier molecular flexibility index (Phi) is 4.58. The molecule has 1 aliphatic carbocycles. The van der Waals surface area contributed by atoms with Gasteiger partial charge in [-0.05, 0) is 43.2 Å². The fraction of sp³-hybridized carbons (Fsp3) is 0.500. The minimum absolute atomic E-state index is 0.100. The van der Waals surface area contributed by atoms with Gasteiger partial charge < -0.3 is 16.5 Å². The van der Waals surface area contributed by atoms with Gasteiger partial charge in [0.05, 0.1) is 18.0 Å². The Morgan fingerprint density at radius 1 is 1.46 bits per heavy atom. The first-order chi connectivity index (χ1) is 11.3. The first-order valence-corrected chi connectivity index (χ1v) is 8.53. The number of alkyl halides is 1. The number of benzene rings is 1. The Morgan fingerprint density at radius 3 is 2.75 bits per heavy atom. The smallest absolute Gasteiger partial charge is 0.221 e. The highest BCUT2D eigenvalue weighted by molar-refractivity contribution is 7.18. The summed E-state index contributed by atoms with van der Waals surface area (Å²) >= 11 is 0. The molecular weight excluding hydrogens is 333 g/mol. The third kappa shape index (κ3) is 3.42. The molecule has 24 heavy (non-hydrogen) atoms. The average molecular weight is 354 g/mol. The molecule has 5 nitrogen and oxygen atoms in total. The van der Waals surface area contributed by atoms with Crippen LogP contribution in [0.4, 0.5) is 8.78 Å². The summed E-state index contributed by atoms with van der Waals surface area (Å²) in [6.07, 6.45) is 2.02. The molecule has 1 unspecified atom stereocenters. The first-order valence-electron chi connectivity index (χ1n) is 7.95. The van der Waals surface area contributed by atoms with E-state index in [1.54, 1.807) is 6.07 Å². The molecule has 0 bridgehead atoms. The highest BCUT2D eigenvalue weighted by Gasteiger charge is 2.34. The number of fused-ring (bicyclic) bond motifs is 1. The van der Waals surface area contributed by atoms with E-state index in [-0.39, 0.29) is 23.4 Å². The van der Waals surface area contributed by atoms with Crippen molar-refractivity contribution in [3.8, 4) is 0 Å². The SMILES string of the molecule is NC(=O)Cc1ccc2[nH]c([C@@H](N)C3CCC(F)(P)CC3)nc2c1F. The molecule has 2 aromatic rings. The molecule has 1 amide bonds. The molecule has 3 rings (SSSR count). The van der Waals surface area contributed by atoms with Crippen LogP contribution in [0.5, 0.6) is 0 Å². The van der Waals surface area contributed by atoms with E-state index < -0.39 is 23.2 Å². The minimum Gasteiger partial charge on any atom is -0.369 e. The number of carbonyl (C=O) groups is 1. The third-order valence-electron chi connectivity index (χ3n) is 4.74. The zero-order valence-electron chi connectivity index (χ0n) is 13.2. The van der Waals surface area contributed by atoms with Crippen LogP contribution in [-0.4, -0.2) is 21.3 Å². The second kappa shape index (κ2) is 6.37. The molecule has 130 valence electrons. The van der Waals surface area contributed by atoms with Gasteiger partial charge in [-0.25, -0.2) is 13.8 Å². The maximum atomic E-state index is 14.5. The Bertz CT molecular complexity index is 767. The number of amides is 1. The number of primary amides is 1. The fourth-order valence-electron chi connectivity index (χ4n) is 3.29. The molecule has 0 spiro atoms. The van der Waals surface area contributed by atoms with Crippen LogP contribution in [-0.2, 0) is 11.2 Å². The van der Waals surface area contributed by atoms with Gasteiger partial charge >= 0.3 is 0 Å². The van der Waals surface area contributed by atoms with E-state index >= 15 is 0 Å². The quantitative estimate of drug-likeness (QED) is 0.736. The van der Waals surface area contributed by atoms with Gasteiger partial charge in [0, 0.05) is 0 Å². The topological polar surface area (TPSA) is 97.8 Å². The van der Waals surface area contributed by atoms with Gasteiger partial charge in [-0.2, -0.15) is 0 Å². The summed E-state index contributed by atoms with van der Waals surface area (Å²) in [7, 11) is 2.26. The maximum Gasteiger partial charge on any atom is 0.221 e. The molecule has 1 heterocycles. The van der Waals surface area contributed by atoms with E-state index in [1.165, 1.54) is 6.07 Å². The van der Waals surface area contributed by atoms with E-state index in [2.05, 4.69) is 19.2 Å². The second-order valence-electron chi connectivity index (χ2n) is 6.60. The van der Waals surface area contributed by atoms with E-state index in [4.69, 9.17) is 11.5 Å². The van der Waals surface area contributed by atoms with E-state index in [0.717, 1.165) is 0 Å². The van der Waals surface area contributed by atoms with Crippen molar-refractivity contribution < 1.29 is 13.6 Å². The zero-order chi connectivity index (χ0) is 17.5. The largest absolute Gasteiger partial charge is 0.369 e. The van der Waals surface area contributed by atoms with Crippen LogP contribution in [0.2, 0.25) is 0 Å². The molecule has 1 saturated carbocycles. The molecule has 0 aliphatic heterocycles. The number of aromatic nitrogens is 2. The average Bonchev–Trinajstić information content (AvgIpc) is 2.94. The zero-order valence-corrected chi connectivity index (χ0v) is 14.3. The Hall–Kier alpha value is -1.59. The van der Waals surface area contributed by atoms with Gasteiger partial charge in [-0.15, -0.1) is 0 Å². The molecular formula is C16H21F2N4OP. The maximum absolute atomic E-state index is 14.5. The lowest BCUT2D eigenvalue weighted by Gasteiger charge is -2.33. The van der Waals surface area contributed by atoms with E-state index in [9.17, 15) is 13.6 Å². The molecule has 1 aromatic heterocycles. The molecule has 0 saturated heterocycles. The summed E-state index contributed by atoms with van der Waals surface area (Å²) in [5, 5.41) is -1.21. The molecule has 0 radical (unpaired) electrons. The Labute approximate surface area is 140 Å². The van der Waals surface area contributed by atoms with Crippen LogP contribution in [0.25, 0.3) is 11.0 Å². The molecule has 1 fully saturated rings. The van der Waals surface area contributed by atoms with Gasteiger partial charge in [-0.3, -0.25) is 4.79 Å². The molecule has 1 aromatic carbocycles. The van der Waals surface area contributed by atoms with Crippen LogP contribution >= 0.6 is 9.24 Å². The lowest BCUT2D eigenvalue weighted by atomic mass is 9.83. The lowest BCUT2D eigenvalue weighted by Crippen LogP contribution is -2.30. The number of halogens is 2. The lowest BCUT2D eigenvalue weighted by molar-refractivity contribution is -0.117. The van der Waals surface area contributed by atoms with Crippen molar-refractivity contribution in [3.63, 3.8) is 0 Å². The van der Waals surface area contributed by atoms with Crippen LogP contribution in [0.15, 0.2) is 12.1 Å². The highest BCUT2D eigenvalue weighted by Crippen LogP contribution is 2.43. The van der Waals surface area contributed by atoms with Crippen LogP contribution in [0, 0.1) is 11.7 Å². The number of nitrogens with two attached hydrogens (primary N) is 2. The second-order valence-corrected chi connectivity index (χ2v) is 7.63. The number of nitrogens with one attached hydrogen (secondary N) is 1. The van der Waals surface area contributed by atoms with E-state index in [0.29, 0.717) is 37.0 Å². The Morgan fingerprint density at radius 2 is 2.12 bits per heavy atom. The van der Waals surface area contributed by atoms with Gasteiger partial charge in [-0.1, -0.05) is 15.3 Å². The molecule has 2 atom stereocenters. The molecule has 1 aliphatic rings. The number of rotatable bonds is 4. The highest BCUT2D eigenvalue weighted by atomic mass is 31.0. The van der Waals surface area contributed by atoms with Crippen molar-refractivity contribution in [1.82, 2.24) is 9.97 Å². The number of hydrogen-bond acceptors (Lipinski definition) is 3. The van der Waals surface area contributed by atoms with Crippen molar-refractivity contribution in [2.75, 3.05) is 0 Å². The summed E-state index contributed by atoms with van der Waals surface area (Å²) in [6.45, 7) is 0. The summed E-state index contributed by atoms with van der Waals surface area (Å²) < 4.78 is 28.4. The van der Waals surface area contributed by atoms with Gasteiger partial charge in [0.25, 0.3) is 0 Å². The van der Waals surface area contributed by atoms with Crippen LogP contribution in [0.3, 0.4) is 0 Å². The molecule has 8 heteroatoms. The van der Waals surface area contributed by atoms with Crippen molar-refractivity contribution in [3.05, 3.63) is 29.3 Å². The van der Waals surface area contributed by atoms with Crippen molar-refractivity contribution in [2.45, 2.75) is 43.6 Å².